The Morgan fingerprint density at radius 2 is 1.76 bits per heavy atom. The predicted molar refractivity (Wildman–Crippen MR) is 111 cm³/mol. The Labute approximate surface area is 161 Å². The molecule has 0 radical (unpaired) electrons. The van der Waals surface area contributed by atoms with E-state index < -0.39 is 0 Å². The highest BCUT2D eigenvalue weighted by Crippen LogP contribution is 2.19. The molecule has 0 fully saturated rings. The molecule has 0 aliphatic rings. The molecule has 5 heteroatoms. The molecule has 0 unspecified atom stereocenters. The average molecular weight is 451 g/mol. The van der Waals surface area contributed by atoms with Crippen LogP contribution in [0.25, 0.3) is 11.0 Å². The van der Waals surface area contributed by atoms with Gasteiger partial charge in [0, 0.05) is 30.6 Å². The maximum absolute atomic E-state index is 11.3. The molecular weight excluding hydrogens is 429 g/mol. The molecule has 3 rings (SSSR count). The molecule has 0 N–H and O–H groups in total. The molecule has 3 aromatic rings. The molecule has 0 aliphatic heterocycles. The molecule has 0 spiro atoms. The third-order valence-electron chi connectivity index (χ3n) is 3.63. The fourth-order valence-electron chi connectivity index (χ4n) is 2.42. The van der Waals surface area contributed by atoms with Gasteiger partial charge in [-0.25, -0.2) is 4.79 Å². The molecule has 0 bridgehead atoms. The van der Waals surface area contributed by atoms with Gasteiger partial charge >= 0.3 is 5.63 Å². The number of benzene rings is 2. The topological polar surface area (TPSA) is 42.7 Å². The van der Waals surface area contributed by atoms with E-state index in [1.54, 1.807) is 12.1 Å². The van der Waals surface area contributed by atoms with E-state index in [0.717, 1.165) is 18.5 Å². The van der Waals surface area contributed by atoms with Gasteiger partial charge in [0.1, 0.15) is 17.9 Å². The van der Waals surface area contributed by atoms with Crippen LogP contribution in [-0.2, 0) is 6.54 Å². The minimum atomic E-state index is -0.350. The number of likely N-dealkylation sites (N-methyl/N-ethyl adjacent to an activating group) is 1. The first kappa shape index (κ1) is 19.5. The number of fused-ring (bicyclic) bond motifs is 1. The number of alkyl halides is 1. The normalized spacial score (nSPS) is 10.4. The molecule has 4 nitrogen and oxygen atoms in total. The molecule has 0 saturated carbocycles. The van der Waals surface area contributed by atoms with E-state index in [2.05, 4.69) is 46.7 Å². The lowest BCUT2D eigenvalue weighted by molar-refractivity contribution is 0.233. The largest absolute Gasteiger partial charge is 0.492 e. The fraction of sp³-hybridized carbons (Fsp3) is 0.250. The van der Waals surface area contributed by atoms with Crippen LogP contribution in [0.1, 0.15) is 5.56 Å². The molecule has 1 aromatic heterocycles. The van der Waals surface area contributed by atoms with E-state index in [9.17, 15) is 4.79 Å². The Morgan fingerprint density at radius 3 is 2.52 bits per heavy atom. The first-order valence-corrected chi connectivity index (χ1v) is 10.1. The summed E-state index contributed by atoms with van der Waals surface area (Å²) in [6.07, 6.45) is 0. The van der Waals surface area contributed by atoms with Crippen LogP contribution in [0.5, 0.6) is 5.75 Å². The van der Waals surface area contributed by atoms with E-state index in [1.807, 2.05) is 35.3 Å². The van der Waals surface area contributed by atoms with Crippen molar-refractivity contribution in [3.8, 4) is 5.75 Å². The van der Waals surface area contributed by atoms with Gasteiger partial charge in [-0.1, -0.05) is 52.9 Å². The molecule has 25 heavy (non-hydrogen) atoms. The lowest BCUT2D eigenvalue weighted by Gasteiger charge is -2.17. The first-order valence-electron chi connectivity index (χ1n) is 7.98. The van der Waals surface area contributed by atoms with Crippen LogP contribution < -0.4 is 10.4 Å². The van der Waals surface area contributed by atoms with Crippen LogP contribution >= 0.6 is 22.6 Å². The van der Waals surface area contributed by atoms with E-state index >= 15 is 0 Å². The highest BCUT2D eigenvalue weighted by Gasteiger charge is 2.03. The fourth-order valence-corrected chi connectivity index (χ4v) is 2.42. The van der Waals surface area contributed by atoms with Crippen molar-refractivity contribution in [1.29, 1.82) is 0 Å². The number of ether oxygens (including phenoxy) is 1. The number of rotatable bonds is 6. The van der Waals surface area contributed by atoms with Gasteiger partial charge in [-0.3, -0.25) is 4.90 Å². The Morgan fingerprint density at radius 1 is 1.04 bits per heavy atom. The van der Waals surface area contributed by atoms with Crippen LogP contribution in [0.15, 0.2) is 69.9 Å². The van der Waals surface area contributed by atoms with Crippen molar-refractivity contribution < 1.29 is 9.15 Å². The highest BCUT2D eigenvalue weighted by atomic mass is 127. The molecule has 0 saturated heterocycles. The summed E-state index contributed by atoms with van der Waals surface area (Å²) in [6, 6.07) is 19.0. The van der Waals surface area contributed by atoms with Crippen molar-refractivity contribution in [1.82, 2.24) is 4.90 Å². The number of hydrogen-bond donors (Lipinski definition) is 0. The summed E-state index contributed by atoms with van der Waals surface area (Å²) >= 11 is 2.15. The highest BCUT2D eigenvalue weighted by molar-refractivity contribution is 14.1. The number of nitrogens with zero attached hydrogens (tertiary/aromatic N) is 1. The third-order valence-corrected chi connectivity index (χ3v) is 3.63. The Hall–Kier alpha value is -1.86. The Kier molecular flexibility index (Phi) is 7.94. The van der Waals surface area contributed by atoms with Crippen LogP contribution in [0.3, 0.4) is 0 Å². The number of halogens is 1. The van der Waals surface area contributed by atoms with Gasteiger partial charge in [0.15, 0.2) is 0 Å². The SMILES string of the molecule is CI.CN(CCOc1ccc2ccc(=O)oc2c1)Cc1ccccc1. The van der Waals surface area contributed by atoms with Crippen LogP contribution in [0.4, 0.5) is 0 Å². The van der Waals surface area contributed by atoms with Crippen molar-refractivity contribution in [2.75, 3.05) is 25.1 Å². The second-order valence-corrected chi connectivity index (χ2v) is 5.53. The van der Waals surface area contributed by atoms with E-state index in [4.69, 9.17) is 9.15 Å². The lowest BCUT2D eigenvalue weighted by atomic mass is 10.2. The maximum atomic E-state index is 11.3. The van der Waals surface area contributed by atoms with E-state index in [1.165, 1.54) is 11.6 Å². The summed E-state index contributed by atoms with van der Waals surface area (Å²) in [5, 5.41) is 0.887. The summed E-state index contributed by atoms with van der Waals surface area (Å²) < 4.78 is 10.9. The van der Waals surface area contributed by atoms with Crippen molar-refractivity contribution >= 4 is 33.6 Å². The molecule has 0 amide bonds. The second kappa shape index (κ2) is 10.2. The van der Waals surface area contributed by atoms with Gasteiger partial charge < -0.3 is 9.15 Å². The van der Waals surface area contributed by atoms with Crippen molar-refractivity contribution in [3.05, 3.63) is 76.6 Å². The Bertz CT molecular complexity index is 833. The summed E-state index contributed by atoms with van der Waals surface area (Å²) in [4.78, 5) is 15.4. The lowest BCUT2D eigenvalue weighted by Crippen LogP contribution is -2.23. The van der Waals surface area contributed by atoms with Gasteiger partial charge in [-0.2, -0.15) is 0 Å². The zero-order chi connectivity index (χ0) is 18.1. The zero-order valence-electron chi connectivity index (χ0n) is 14.4. The van der Waals surface area contributed by atoms with E-state index in [-0.39, 0.29) is 5.63 Å². The van der Waals surface area contributed by atoms with Gasteiger partial charge in [0.05, 0.1) is 0 Å². The molecule has 1 heterocycles. The van der Waals surface area contributed by atoms with Gasteiger partial charge in [0.25, 0.3) is 0 Å². The summed E-state index contributed by atoms with van der Waals surface area (Å²) in [6.45, 7) is 2.27. The quantitative estimate of drug-likeness (QED) is 0.318. The summed E-state index contributed by atoms with van der Waals surface area (Å²) in [7, 11) is 2.07. The Balaban J connectivity index is 0.00000109. The summed E-state index contributed by atoms with van der Waals surface area (Å²) in [5.41, 5.74) is 1.48. The van der Waals surface area contributed by atoms with Crippen LogP contribution in [0, 0.1) is 0 Å². The zero-order valence-corrected chi connectivity index (χ0v) is 16.6. The molecule has 2 aromatic carbocycles. The van der Waals surface area contributed by atoms with Gasteiger partial charge in [-0.15, -0.1) is 0 Å². The predicted octanol–water partition coefficient (Wildman–Crippen LogP) is 4.36. The van der Waals surface area contributed by atoms with Gasteiger partial charge in [0.2, 0.25) is 0 Å². The van der Waals surface area contributed by atoms with Crippen LogP contribution in [-0.4, -0.2) is 30.0 Å². The van der Waals surface area contributed by atoms with Crippen molar-refractivity contribution in [2.45, 2.75) is 6.54 Å². The minimum Gasteiger partial charge on any atom is -0.492 e. The summed E-state index contributed by atoms with van der Waals surface area (Å²) in [5.74, 6) is 0.708. The van der Waals surface area contributed by atoms with Gasteiger partial charge in [-0.05, 0) is 35.7 Å². The maximum Gasteiger partial charge on any atom is 0.336 e. The second-order valence-electron chi connectivity index (χ2n) is 5.53. The standard InChI is InChI=1S/C19H19NO3.CH3I/c1-20(14-15-5-3-2-4-6-15)11-12-22-17-9-7-16-8-10-19(21)23-18(16)13-17;1-2/h2-10,13H,11-12,14H2,1H3;1H3. The first-order chi connectivity index (χ1) is 12.2. The van der Waals surface area contributed by atoms with Crippen molar-refractivity contribution in [2.24, 2.45) is 0 Å². The smallest absolute Gasteiger partial charge is 0.336 e. The minimum absolute atomic E-state index is 0.350. The van der Waals surface area contributed by atoms with Crippen LogP contribution in [0.2, 0.25) is 0 Å². The van der Waals surface area contributed by atoms with Crippen molar-refractivity contribution in [3.63, 3.8) is 0 Å². The number of hydrogen-bond acceptors (Lipinski definition) is 4. The molecule has 0 aliphatic carbocycles. The molecule has 132 valence electrons. The molecular formula is C20H22INO3. The van der Waals surface area contributed by atoms with E-state index in [0.29, 0.717) is 17.9 Å². The molecule has 0 atom stereocenters. The average Bonchev–Trinajstić information content (AvgIpc) is 2.64. The third kappa shape index (κ3) is 6.17. The monoisotopic (exact) mass is 451 g/mol.